The van der Waals surface area contributed by atoms with E-state index in [1.165, 1.54) is 18.4 Å². The Morgan fingerprint density at radius 2 is 1.73 bits per heavy atom. The highest BCUT2D eigenvalue weighted by Crippen LogP contribution is 2.30. The van der Waals surface area contributed by atoms with Crippen molar-refractivity contribution in [3.8, 4) is 11.5 Å². The van der Waals surface area contributed by atoms with E-state index in [9.17, 15) is 18.0 Å². The molecule has 0 bridgehead atoms. The molecule has 1 amide bonds. The normalized spacial score (nSPS) is 11.4. The van der Waals surface area contributed by atoms with Crippen molar-refractivity contribution in [2.45, 2.75) is 19.6 Å². The first-order valence-corrected chi connectivity index (χ1v) is 7.80. The van der Waals surface area contributed by atoms with E-state index in [-0.39, 0.29) is 11.6 Å². The maximum Gasteiger partial charge on any atom is 0.416 e. The van der Waals surface area contributed by atoms with Gasteiger partial charge in [-0.15, -0.1) is 0 Å². The molecule has 1 heterocycles. The van der Waals surface area contributed by atoms with E-state index in [1.807, 2.05) is 31.2 Å². The standard InChI is InChI=1S/C19H15F3N2O2/c1-12-2-4-13(5-3-12)10-23-17(25)16-11-26-18(24-16)14-6-8-15(9-7-14)19(20,21)22/h2-9,11H,10H2,1H3,(H,23,25). The van der Waals surface area contributed by atoms with Crippen LogP contribution in [0, 0.1) is 6.92 Å². The van der Waals surface area contributed by atoms with Gasteiger partial charge in [0, 0.05) is 12.1 Å². The maximum absolute atomic E-state index is 12.6. The average Bonchev–Trinajstić information content (AvgIpc) is 3.10. The van der Waals surface area contributed by atoms with Gasteiger partial charge >= 0.3 is 6.18 Å². The second kappa shape index (κ2) is 7.03. The Balaban J connectivity index is 1.67. The van der Waals surface area contributed by atoms with Crippen molar-refractivity contribution in [2.75, 3.05) is 0 Å². The number of aryl methyl sites for hydroxylation is 1. The van der Waals surface area contributed by atoms with Crippen LogP contribution in [-0.2, 0) is 12.7 Å². The van der Waals surface area contributed by atoms with Crippen molar-refractivity contribution >= 4 is 5.91 Å². The van der Waals surface area contributed by atoms with Gasteiger partial charge in [-0.2, -0.15) is 13.2 Å². The summed E-state index contributed by atoms with van der Waals surface area (Å²) in [5.74, 6) is -0.341. The van der Waals surface area contributed by atoms with Crippen LogP contribution in [0.15, 0.2) is 59.2 Å². The molecule has 26 heavy (non-hydrogen) atoms. The Hall–Kier alpha value is -3.09. The van der Waals surface area contributed by atoms with Crippen LogP contribution in [0.25, 0.3) is 11.5 Å². The van der Waals surface area contributed by atoms with Gasteiger partial charge in [-0.25, -0.2) is 4.98 Å². The Kier molecular flexibility index (Phi) is 4.79. The third kappa shape index (κ3) is 4.11. The number of alkyl halides is 3. The molecule has 3 rings (SSSR count). The molecule has 0 unspecified atom stereocenters. The first-order valence-electron chi connectivity index (χ1n) is 7.80. The Morgan fingerprint density at radius 1 is 1.08 bits per heavy atom. The molecule has 0 radical (unpaired) electrons. The SMILES string of the molecule is Cc1ccc(CNC(=O)c2coc(-c3ccc(C(F)(F)F)cc3)n2)cc1. The molecule has 0 saturated heterocycles. The van der Waals surface area contributed by atoms with E-state index >= 15 is 0 Å². The van der Waals surface area contributed by atoms with Crippen LogP contribution in [0.4, 0.5) is 13.2 Å². The third-order valence-electron chi connectivity index (χ3n) is 3.77. The zero-order chi connectivity index (χ0) is 18.7. The second-order valence-electron chi connectivity index (χ2n) is 5.78. The number of benzene rings is 2. The van der Waals surface area contributed by atoms with Crippen molar-refractivity contribution in [1.82, 2.24) is 10.3 Å². The van der Waals surface area contributed by atoms with Crippen molar-refractivity contribution in [3.63, 3.8) is 0 Å². The minimum absolute atomic E-state index is 0.0620. The van der Waals surface area contributed by atoms with Gasteiger partial charge in [-0.3, -0.25) is 4.79 Å². The monoisotopic (exact) mass is 360 g/mol. The maximum atomic E-state index is 12.6. The Morgan fingerprint density at radius 3 is 2.35 bits per heavy atom. The summed E-state index contributed by atoms with van der Waals surface area (Å²) in [5.41, 5.74) is 1.72. The molecule has 0 aliphatic rings. The van der Waals surface area contributed by atoms with Crippen molar-refractivity contribution in [2.24, 2.45) is 0 Å². The molecule has 1 aromatic heterocycles. The quantitative estimate of drug-likeness (QED) is 0.740. The van der Waals surface area contributed by atoms with Gasteiger partial charge in [0.1, 0.15) is 6.26 Å². The number of nitrogens with one attached hydrogen (secondary N) is 1. The summed E-state index contributed by atoms with van der Waals surface area (Å²) in [6, 6.07) is 12.1. The molecular formula is C19H15F3N2O2. The van der Waals surface area contributed by atoms with Crippen LogP contribution in [0.3, 0.4) is 0 Å². The number of oxazole rings is 1. The van der Waals surface area contributed by atoms with Crippen LogP contribution >= 0.6 is 0 Å². The zero-order valence-corrected chi connectivity index (χ0v) is 13.8. The smallest absolute Gasteiger partial charge is 0.416 e. The van der Waals surface area contributed by atoms with Crippen LogP contribution in [0.5, 0.6) is 0 Å². The fraction of sp³-hybridized carbons (Fsp3) is 0.158. The molecule has 0 saturated carbocycles. The Labute approximate surface area is 147 Å². The Bertz CT molecular complexity index is 898. The van der Waals surface area contributed by atoms with Gasteiger partial charge in [0.15, 0.2) is 5.69 Å². The third-order valence-corrected chi connectivity index (χ3v) is 3.77. The molecule has 3 aromatic rings. The molecule has 0 aliphatic carbocycles. The molecule has 7 heteroatoms. The average molecular weight is 360 g/mol. The number of hydrogen-bond acceptors (Lipinski definition) is 3. The predicted molar refractivity (Wildman–Crippen MR) is 89.3 cm³/mol. The number of nitrogens with zero attached hydrogens (tertiary/aromatic N) is 1. The first kappa shape index (κ1) is 17.7. The summed E-state index contributed by atoms with van der Waals surface area (Å²) in [7, 11) is 0. The van der Waals surface area contributed by atoms with Gasteiger partial charge in [0.25, 0.3) is 5.91 Å². The molecule has 0 atom stereocenters. The zero-order valence-electron chi connectivity index (χ0n) is 13.8. The minimum atomic E-state index is -4.41. The van der Waals surface area contributed by atoms with Crippen LogP contribution in [0.2, 0.25) is 0 Å². The number of aromatic nitrogens is 1. The van der Waals surface area contributed by atoms with E-state index < -0.39 is 17.6 Å². The lowest BCUT2D eigenvalue weighted by molar-refractivity contribution is -0.137. The van der Waals surface area contributed by atoms with E-state index in [1.54, 1.807) is 0 Å². The van der Waals surface area contributed by atoms with E-state index in [0.717, 1.165) is 23.3 Å². The van der Waals surface area contributed by atoms with Gasteiger partial charge in [-0.05, 0) is 36.8 Å². The van der Waals surface area contributed by atoms with Crippen molar-refractivity contribution < 1.29 is 22.4 Å². The topological polar surface area (TPSA) is 55.1 Å². The molecule has 2 aromatic carbocycles. The van der Waals surface area contributed by atoms with Crippen LogP contribution in [-0.4, -0.2) is 10.9 Å². The number of rotatable bonds is 4. The van der Waals surface area contributed by atoms with Crippen LogP contribution < -0.4 is 5.32 Å². The van der Waals surface area contributed by atoms with E-state index in [0.29, 0.717) is 12.1 Å². The van der Waals surface area contributed by atoms with Gasteiger partial charge < -0.3 is 9.73 Å². The lowest BCUT2D eigenvalue weighted by Crippen LogP contribution is -2.23. The number of amides is 1. The van der Waals surface area contributed by atoms with E-state index in [2.05, 4.69) is 10.3 Å². The molecule has 134 valence electrons. The number of halogens is 3. The molecule has 0 fully saturated rings. The number of hydrogen-bond donors (Lipinski definition) is 1. The molecule has 0 aliphatic heterocycles. The fourth-order valence-electron chi connectivity index (χ4n) is 2.29. The summed E-state index contributed by atoms with van der Waals surface area (Å²) in [6.07, 6.45) is -3.23. The van der Waals surface area contributed by atoms with Gasteiger partial charge in [0.2, 0.25) is 5.89 Å². The summed E-state index contributed by atoms with van der Waals surface area (Å²) in [6.45, 7) is 2.31. The highest BCUT2D eigenvalue weighted by atomic mass is 19.4. The lowest BCUT2D eigenvalue weighted by Gasteiger charge is -2.06. The molecular weight excluding hydrogens is 345 g/mol. The van der Waals surface area contributed by atoms with Crippen LogP contribution in [0.1, 0.15) is 27.2 Å². The van der Waals surface area contributed by atoms with Gasteiger partial charge in [0.05, 0.1) is 5.56 Å². The summed E-state index contributed by atoms with van der Waals surface area (Å²) >= 11 is 0. The first-order chi connectivity index (χ1) is 12.3. The largest absolute Gasteiger partial charge is 0.444 e. The summed E-state index contributed by atoms with van der Waals surface area (Å²) in [4.78, 5) is 16.2. The fourth-order valence-corrected chi connectivity index (χ4v) is 2.29. The van der Waals surface area contributed by atoms with E-state index in [4.69, 9.17) is 4.42 Å². The minimum Gasteiger partial charge on any atom is -0.444 e. The summed E-state index contributed by atoms with van der Waals surface area (Å²) < 4.78 is 43.0. The number of carbonyl (C=O) groups excluding carboxylic acids is 1. The molecule has 1 N–H and O–H groups in total. The highest BCUT2D eigenvalue weighted by molar-refractivity contribution is 5.92. The van der Waals surface area contributed by atoms with Crippen molar-refractivity contribution in [3.05, 3.63) is 77.2 Å². The van der Waals surface area contributed by atoms with Gasteiger partial charge in [-0.1, -0.05) is 29.8 Å². The molecule has 4 nitrogen and oxygen atoms in total. The van der Waals surface area contributed by atoms with Crippen molar-refractivity contribution in [1.29, 1.82) is 0 Å². The summed E-state index contributed by atoms with van der Waals surface area (Å²) in [5, 5.41) is 2.72. The molecule has 0 spiro atoms. The predicted octanol–water partition coefficient (Wildman–Crippen LogP) is 4.60. The highest BCUT2D eigenvalue weighted by Gasteiger charge is 2.30. The second-order valence-corrected chi connectivity index (χ2v) is 5.78. The lowest BCUT2D eigenvalue weighted by atomic mass is 10.1. The number of carbonyl (C=O) groups is 1.